The Morgan fingerprint density at radius 2 is 1.94 bits per heavy atom. The number of aryl methyl sites for hydroxylation is 1. The Hall–Kier alpha value is -2.93. The fraction of sp³-hybridized carbons (Fsp3) is 0.458. The number of carbonyl (C=O) groups excluding carboxylic acids is 1. The Balaban J connectivity index is 1.40. The number of hydrogen-bond donors (Lipinski definition) is 0. The summed E-state index contributed by atoms with van der Waals surface area (Å²) in [6, 6.07) is 9.93. The predicted molar refractivity (Wildman–Crippen MR) is 118 cm³/mol. The minimum atomic E-state index is -0.266. The molecule has 1 saturated carbocycles. The Labute approximate surface area is 183 Å². The predicted octanol–water partition coefficient (Wildman–Crippen LogP) is 4.35. The molecule has 0 N–H and O–H groups in total. The van der Waals surface area contributed by atoms with Crippen LogP contribution in [-0.2, 0) is 16.1 Å². The first kappa shape index (κ1) is 21.3. The second kappa shape index (κ2) is 9.92. The lowest BCUT2D eigenvalue weighted by Crippen LogP contribution is -2.44. The molecule has 1 fully saturated rings. The molecule has 2 heterocycles. The van der Waals surface area contributed by atoms with Crippen LogP contribution in [0.3, 0.4) is 0 Å². The molecule has 31 heavy (non-hydrogen) atoms. The van der Waals surface area contributed by atoms with Crippen LogP contribution in [0, 0.1) is 6.92 Å². The summed E-state index contributed by atoms with van der Waals surface area (Å²) in [6.07, 6.45) is 9.28. The van der Waals surface area contributed by atoms with Crippen molar-refractivity contribution in [1.29, 1.82) is 0 Å². The highest BCUT2D eigenvalue weighted by Crippen LogP contribution is 2.35. The van der Waals surface area contributed by atoms with E-state index < -0.39 is 0 Å². The molecule has 2 aromatic heterocycles. The summed E-state index contributed by atoms with van der Waals surface area (Å²) in [6.45, 7) is 3.33. The molecular formula is C24H30N4O3. The van der Waals surface area contributed by atoms with Gasteiger partial charge in [-0.25, -0.2) is 9.78 Å². The van der Waals surface area contributed by atoms with Gasteiger partial charge >= 0.3 is 6.09 Å². The number of nitrogens with zero attached hydrogens (tertiary/aromatic N) is 4. The second-order valence-electron chi connectivity index (χ2n) is 8.12. The van der Waals surface area contributed by atoms with Crippen LogP contribution in [0.1, 0.15) is 48.7 Å². The van der Waals surface area contributed by atoms with Crippen molar-refractivity contribution < 1.29 is 14.3 Å². The van der Waals surface area contributed by atoms with Gasteiger partial charge < -0.3 is 18.8 Å². The Morgan fingerprint density at radius 3 is 2.68 bits per heavy atom. The van der Waals surface area contributed by atoms with E-state index in [9.17, 15) is 4.79 Å². The van der Waals surface area contributed by atoms with E-state index in [1.165, 1.54) is 0 Å². The third-order valence-electron chi connectivity index (χ3n) is 6.16. The number of carbonyl (C=O) groups is 1. The first-order valence-corrected chi connectivity index (χ1v) is 10.9. The van der Waals surface area contributed by atoms with E-state index in [0.717, 1.165) is 48.3 Å². The van der Waals surface area contributed by atoms with Crippen LogP contribution >= 0.6 is 0 Å². The van der Waals surface area contributed by atoms with E-state index in [1.54, 1.807) is 7.11 Å². The molecule has 164 valence electrons. The standard InChI is InChI=1S/C24H30N4O3/c1-18-22-16-26-23(28(22)13-12-25-18)20-8-10-21(11-9-20)27(14-15-30-2)24(29)31-17-19-6-4-3-5-7-19/h3-7,12-13,16,20-21H,8-11,14-15,17H2,1-2H3. The first-order chi connectivity index (χ1) is 15.2. The molecule has 0 radical (unpaired) electrons. The maximum Gasteiger partial charge on any atom is 0.410 e. The SMILES string of the molecule is COCCN(C(=O)OCc1ccccc1)C1CCC(c2ncc3c(C)nccn23)CC1. The fourth-order valence-corrected chi connectivity index (χ4v) is 4.44. The molecule has 7 nitrogen and oxygen atoms in total. The molecule has 0 bridgehead atoms. The molecule has 3 aromatic rings. The van der Waals surface area contributed by atoms with Crippen LogP contribution in [0.2, 0.25) is 0 Å². The molecule has 0 spiro atoms. The summed E-state index contributed by atoms with van der Waals surface area (Å²) in [5.74, 6) is 1.47. The quantitative estimate of drug-likeness (QED) is 0.566. The minimum absolute atomic E-state index is 0.157. The number of amides is 1. The van der Waals surface area contributed by atoms with Crippen molar-refractivity contribution in [3.05, 3.63) is 66.0 Å². The summed E-state index contributed by atoms with van der Waals surface area (Å²) in [5.41, 5.74) is 3.04. The van der Waals surface area contributed by atoms with E-state index >= 15 is 0 Å². The number of benzene rings is 1. The summed E-state index contributed by atoms with van der Waals surface area (Å²) in [5, 5.41) is 0. The van der Waals surface area contributed by atoms with Crippen molar-refractivity contribution in [2.45, 2.75) is 51.2 Å². The van der Waals surface area contributed by atoms with Gasteiger partial charge in [0.25, 0.3) is 0 Å². The highest BCUT2D eigenvalue weighted by molar-refractivity contribution is 5.68. The van der Waals surface area contributed by atoms with Crippen LogP contribution in [0.15, 0.2) is 48.9 Å². The monoisotopic (exact) mass is 422 g/mol. The zero-order valence-electron chi connectivity index (χ0n) is 18.2. The topological polar surface area (TPSA) is 69.0 Å². The molecule has 0 unspecified atom stereocenters. The smallest absolute Gasteiger partial charge is 0.410 e. The van der Waals surface area contributed by atoms with Crippen molar-refractivity contribution >= 4 is 11.6 Å². The lowest BCUT2D eigenvalue weighted by molar-refractivity contribution is 0.0556. The van der Waals surface area contributed by atoms with Gasteiger partial charge in [0.05, 0.1) is 24.0 Å². The van der Waals surface area contributed by atoms with Crippen LogP contribution in [0.5, 0.6) is 0 Å². The largest absolute Gasteiger partial charge is 0.445 e. The van der Waals surface area contributed by atoms with Crippen LogP contribution in [0.25, 0.3) is 5.52 Å². The van der Waals surface area contributed by atoms with Gasteiger partial charge in [-0.15, -0.1) is 0 Å². The summed E-state index contributed by atoms with van der Waals surface area (Å²) in [4.78, 5) is 23.8. The van der Waals surface area contributed by atoms with Crippen LogP contribution in [0.4, 0.5) is 4.79 Å². The number of ether oxygens (including phenoxy) is 2. The molecule has 1 aliphatic carbocycles. The highest BCUT2D eigenvalue weighted by Gasteiger charge is 2.31. The number of methoxy groups -OCH3 is 1. The van der Waals surface area contributed by atoms with E-state index in [0.29, 0.717) is 19.1 Å². The summed E-state index contributed by atoms with van der Waals surface area (Å²) < 4.78 is 13.0. The summed E-state index contributed by atoms with van der Waals surface area (Å²) in [7, 11) is 1.66. The molecule has 1 aliphatic rings. The number of hydrogen-bond acceptors (Lipinski definition) is 5. The Bertz CT molecular complexity index is 996. The third-order valence-corrected chi connectivity index (χ3v) is 6.16. The van der Waals surface area contributed by atoms with Gasteiger partial charge in [-0.1, -0.05) is 30.3 Å². The maximum absolute atomic E-state index is 12.9. The lowest BCUT2D eigenvalue weighted by atomic mass is 9.85. The third kappa shape index (κ3) is 4.88. The van der Waals surface area contributed by atoms with Gasteiger partial charge in [-0.2, -0.15) is 0 Å². The molecule has 7 heteroatoms. The lowest BCUT2D eigenvalue weighted by Gasteiger charge is -2.36. The number of fused-ring (bicyclic) bond motifs is 1. The van der Waals surface area contributed by atoms with Crippen LogP contribution < -0.4 is 0 Å². The zero-order valence-corrected chi connectivity index (χ0v) is 18.2. The van der Waals surface area contributed by atoms with Gasteiger partial charge in [-0.05, 0) is 38.2 Å². The zero-order chi connectivity index (χ0) is 21.6. The van der Waals surface area contributed by atoms with Crippen LogP contribution in [-0.4, -0.2) is 51.7 Å². The minimum Gasteiger partial charge on any atom is -0.445 e. The summed E-state index contributed by atoms with van der Waals surface area (Å²) >= 11 is 0. The molecule has 0 saturated heterocycles. The first-order valence-electron chi connectivity index (χ1n) is 10.9. The van der Waals surface area contributed by atoms with E-state index in [4.69, 9.17) is 14.5 Å². The van der Waals surface area contributed by atoms with Crippen molar-refractivity contribution in [2.75, 3.05) is 20.3 Å². The number of rotatable bonds is 7. The molecule has 1 amide bonds. The van der Waals surface area contributed by atoms with Gasteiger partial charge in [0.1, 0.15) is 12.4 Å². The molecule has 0 atom stereocenters. The van der Waals surface area contributed by atoms with E-state index in [2.05, 4.69) is 9.38 Å². The van der Waals surface area contributed by atoms with E-state index in [1.807, 2.05) is 60.7 Å². The highest BCUT2D eigenvalue weighted by atomic mass is 16.6. The van der Waals surface area contributed by atoms with Gasteiger partial charge in [0.2, 0.25) is 0 Å². The average molecular weight is 423 g/mol. The Morgan fingerprint density at radius 1 is 1.16 bits per heavy atom. The van der Waals surface area contributed by atoms with Gasteiger partial charge in [0, 0.05) is 38.0 Å². The van der Waals surface area contributed by atoms with Crippen molar-refractivity contribution in [2.24, 2.45) is 0 Å². The molecule has 0 aliphatic heterocycles. The maximum atomic E-state index is 12.9. The fourth-order valence-electron chi connectivity index (χ4n) is 4.44. The molecule has 1 aromatic carbocycles. The van der Waals surface area contributed by atoms with Gasteiger partial charge in [-0.3, -0.25) is 4.98 Å². The number of imidazole rings is 1. The van der Waals surface area contributed by atoms with E-state index in [-0.39, 0.29) is 18.7 Å². The normalized spacial score (nSPS) is 18.8. The van der Waals surface area contributed by atoms with Crippen molar-refractivity contribution in [1.82, 2.24) is 19.3 Å². The molecular weight excluding hydrogens is 392 g/mol. The molecule has 4 rings (SSSR count). The van der Waals surface area contributed by atoms with Crippen molar-refractivity contribution in [3.63, 3.8) is 0 Å². The average Bonchev–Trinajstić information content (AvgIpc) is 3.25. The van der Waals surface area contributed by atoms with Gasteiger partial charge in [0.15, 0.2) is 0 Å². The van der Waals surface area contributed by atoms with Crippen molar-refractivity contribution in [3.8, 4) is 0 Å². The Kier molecular flexibility index (Phi) is 6.82. The number of aromatic nitrogens is 3. The second-order valence-corrected chi connectivity index (χ2v) is 8.12.